The molecule has 2 N–H and O–H groups in total. The van der Waals surface area contributed by atoms with Gasteiger partial charge in [-0.2, -0.15) is 13.2 Å². The Morgan fingerprint density at radius 2 is 1.91 bits per heavy atom. The van der Waals surface area contributed by atoms with E-state index in [1.165, 1.54) is 19.9 Å². The van der Waals surface area contributed by atoms with E-state index in [0.29, 0.717) is 29.1 Å². The maximum atomic E-state index is 13.8. The molecule has 12 heteroatoms. The normalized spacial score (nSPS) is 15.1. The summed E-state index contributed by atoms with van der Waals surface area (Å²) >= 11 is 0. The van der Waals surface area contributed by atoms with Crippen LogP contribution in [0.1, 0.15) is 44.8 Å². The van der Waals surface area contributed by atoms with Gasteiger partial charge in [0.05, 0.1) is 17.0 Å². The van der Waals surface area contributed by atoms with E-state index in [2.05, 4.69) is 15.0 Å². The number of benzene rings is 1. The Kier molecular flexibility index (Phi) is 5.52. The number of fused-ring (bicyclic) bond motifs is 3. The maximum absolute atomic E-state index is 13.8. The summed E-state index contributed by atoms with van der Waals surface area (Å²) in [6.07, 6.45) is -2.63. The fourth-order valence-electron chi connectivity index (χ4n) is 4.12. The number of imidazole rings is 1. The molecule has 4 rings (SSSR count). The first-order valence-electron chi connectivity index (χ1n) is 10.5. The Bertz CT molecular complexity index is 1430. The topological polar surface area (TPSA) is 103 Å². The molecule has 0 amide bonds. The number of rotatable bonds is 3. The van der Waals surface area contributed by atoms with Gasteiger partial charge in [0.2, 0.25) is 5.95 Å². The number of allylic oxidation sites excluding steroid dienone is 1. The van der Waals surface area contributed by atoms with Crippen molar-refractivity contribution in [3.8, 4) is 0 Å². The van der Waals surface area contributed by atoms with Gasteiger partial charge in [-0.1, -0.05) is 0 Å². The van der Waals surface area contributed by atoms with Gasteiger partial charge in [-0.05, 0) is 45.4 Å². The second-order valence-corrected chi connectivity index (χ2v) is 11.1. The molecule has 0 spiro atoms. The summed E-state index contributed by atoms with van der Waals surface area (Å²) in [7, 11) is -3.41. The van der Waals surface area contributed by atoms with Gasteiger partial charge < -0.3 is 5.11 Å². The van der Waals surface area contributed by atoms with E-state index < -0.39 is 32.9 Å². The summed E-state index contributed by atoms with van der Waals surface area (Å²) < 4.78 is 67.4. The first-order valence-corrected chi connectivity index (χ1v) is 12.4. The van der Waals surface area contributed by atoms with Crippen molar-refractivity contribution in [1.82, 2.24) is 15.0 Å². The number of sulfone groups is 1. The predicted molar refractivity (Wildman–Crippen MR) is 119 cm³/mol. The van der Waals surface area contributed by atoms with E-state index >= 15 is 0 Å². The van der Waals surface area contributed by atoms with Crippen LogP contribution in [-0.4, -0.2) is 41.3 Å². The smallest absolute Gasteiger partial charge is 0.386 e. The lowest BCUT2D eigenvalue weighted by Crippen LogP contribution is -2.49. The van der Waals surface area contributed by atoms with Crippen LogP contribution in [0.5, 0.6) is 0 Å². The quantitative estimate of drug-likeness (QED) is 0.540. The van der Waals surface area contributed by atoms with Gasteiger partial charge >= 0.3 is 12.0 Å². The van der Waals surface area contributed by atoms with E-state index in [1.807, 2.05) is 18.4 Å². The number of nitrogens with one attached hydrogen (secondary N) is 1. The Balaban J connectivity index is 1.88. The third kappa shape index (κ3) is 4.16. The number of H-pyrrole nitrogens is 1. The third-order valence-corrected chi connectivity index (χ3v) is 6.78. The van der Waals surface area contributed by atoms with Crippen molar-refractivity contribution in [2.24, 2.45) is 0 Å². The van der Waals surface area contributed by atoms with Gasteiger partial charge in [0.1, 0.15) is 12.2 Å². The zero-order valence-corrected chi connectivity index (χ0v) is 20.1. The molecule has 1 aromatic carbocycles. The molecule has 3 aromatic rings. The van der Waals surface area contributed by atoms with Crippen molar-refractivity contribution in [3.63, 3.8) is 0 Å². The molecule has 3 heterocycles. The average molecular weight is 497 g/mol. The van der Waals surface area contributed by atoms with Crippen LogP contribution in [0.2, 0.25) is 0 Å². The van der Waals surface area contributed by atoms with Gasteiger partial charge in [0.15, 0.2) is 26.6 Å². The molecule has 34 heavy (non-hydrogen) atoms. The molecular weight excluding hydrogens is 471 g/mol. The lowest BCUT2D eigenvalue weighted by Gasteiger charge is -2.29. The first-order chi connectivity index (χ1) is 15.6. The zero-order chi connectivity index (χ0) is 25.2. The van der Waals surface area contributed by atoms with E-state index in [4.69, 9.17) is 0 Å². The number of anilines is 1. The summed E-state index contributed by atoms with van der Waals surface area (Å²) in [5, 5.41) is 10.2. The molecule has 0 saturated heterocycles. The van der Waals surface area contributed by atoms with Crippen LogP contribution >= 0.6 is 0 Å². The van der Waals surface area contributed by atoms with Gasteiger partial charge in [-0.3, -0.25) is 4.90 Å². The molecule has 8 nitrogen and oxygen atoms in total. The second kappa shape index (κ2) is 7.77. The van der Waals surface area contributed by atoms with Gasteiger partial charge in [-0.15, -0.1) is 0 Å². The van der Waals surface area contributed by atoms with Crippen LogP contribution < -0.4 is 9.47 Å². The molecule has 2 aromatic heterocycles. The number of nitrogens with zero attached hydrogens (tertiary/aromatic N) is 4. The van der Waals surface area contributed by atoms with Gasteiger partial charge in [-0.25, -0.2) is 27.9 Å². The number of hydrogen-bond acceptors (Lipinski definition) is 6. The minimum Gasteiger partial charge on any atom is -0.386 e. The van der Waals surface area contributed by atoms with Crippen molar-refractivity contribution in [1.29, 1.82) is 0 Å². The molecular formula is C22H25F3N5O3S+. The molecule has 0 radical (unpaired) electrons. The fourth-order valence-corrected chi connectivity index (χ4v) is 4.76. The fraction of sp³-hybridized carbons (Fsp3) is 0.409. The van der Waals surface area contributed by atoms with Crippen LogP contribution in [0.15, 0.2) is 34.9 Å². The molecule has 0 atom stereocenters. The number of aromatic nitrogens is 4. The molecule has 0 aliphatic carbocycles. The number of alkyl halides is 3. The highest BCUT2D eigenvalue weighted by Gasteiger charge is 2.41. The maximum Gasteiger partial charge on any atom is 0.433 e. The van der Waals surface area contributed by atoms with Gasteiger partial charge in [0, 0.05) is 24.1 Å². The van der Waals surface area contributed by atoms with E-state index in [-0.39, 0.29) is 17.4 Å². The van der Waals surface area contributed by atoms with Crippen LogP contribution in [0.25, 0.3) is 16.7 Å². The van der Waals surface area contributed by atoms with E-state index in [1.54, 1.807) is 17.0 Å². The number of aromatic amines is 1. The molecule has 0 bridgehead atoms. The van der Waals surface area contributed by atoms with Crippen molar-refractivity contribution < 1.29 is 31.3 Å². The van der Waals surface area contributed by atoms with Crippen LogP contribution in [0.4, 0.5) is 19.1 Å². The second-order valence-electron chi connectivity index (χ2n) is 9.07. The molecule has 0 fully saturated rings. The minimum absolute atomic E-state index is 0.141. The highest BCUT2D eigenvalue weighted by atomic mass is 32.2. The minimum atomic E-state index is -4.78. The van der Waals surface area contributed by atoms with Crippen LogP contribution in [-0.2, 0) is 28.2 Å². The summed E-state index contributed by atoms with van der Waals surface area (Å²) in [5.41, 5.74) is -0.621. The Labute approximate surface area is 194 Å². The monoisotopic (exact) mass is 496 g/mol. The molecule has 182 valence electrons. The summed E-state index contributed by atoms with van der Waals surface area (Å²) in [6.45, 7) is 6.76. The first kappa shape index (κ1) is 24.1. The molecule has 0 unspecified atom stereocenters. The van der Waals surface area contributed by atoms with E-state index in [9.17, 15) is 26.7 Å². The highest BCUT2D eigenvalue weighted by Crippen LogP contribution is 2.37. The Hall–Kier alpha value is -2.99. The third-order valence-electron chi connectivity index (χ3n) is 5.67. The summed E-state index contributed by atoms with van der Waals surface area (Å²) in [5.74, 6) is 0.467. The lowest BCUT2D eigenvalue weighted by atomic mass is 9.98. The lowest BCUT2D eigenvalue weighted by molar-refractivity contribution is -0.673. The van der Waals surface area contributed by atoms with E-state index in [0.717, 1.165) is 18.0 Å². The SMILES string of the molecule is CC(C)=C1c2[nH]c3ccc(S(C)(=O)=O)cc3[n+]2CCN1c1ncc(C(C)(C)O)c(C(F)(F)F)n1. The zero-order valence-electron chi connectivity index (χ0n) is 19.3. The number of aliphatic hydroxyl groups is 1. The van der Waals surface area contributed by atoms with Crippen LogP contribution in [0, 0.1) is 0 Å². The van der Waals surface area contributed by atoms with Crippen molar-refractivity contribution in [2.75, 3.05) is 17.7 Å². The van der Waals surface area contributed by atoms with Gasteiger partial charge in [0.25, 0.3) is 0 Å². The predicted octanol–water partition coefficient (Wildman–Crippen LogP) is 3.17. The number of hydrogen-bond donors (Lipinski definition) is 2. The van der Waals surface area contributed by atoms with Crippen molar-refractivity contribution in [3.05, 3.63) is 47.1 Å². The molecule has 0 saturated carbocycles. The van der Waals surface area contributed by atoms with Crippen LogP contribution in [0.3, 0.4) is 0 Å². The molecule has 1 aliphatic rings. The Morgan fingerprint density at radius 1 is 1.24 bits per heavy atom. The van der Waals surface area contributed by atoms with Crippen molar-refractivity contribution in [2.45, 2.75) is 50.9 Å². The number of halogens is 3. The summed E-state index contributed by atoms with van der Waals surface area (Å²) in [6, 6.07) is 4.76. The standard InChI is InChI=1S/C22H24F3N5O3S/c1-12(2)17-19-27-15-7-6-13(34(5,32)33)10-16(15)29(19)8-9-30(17)20-26-11-14(21(3,4)31)18(28-20)22(23,24)25/h6-7,10-11,31H,8-9H2,1-5H3/p+1. The largest absolute Gasteiger partial charge is 0.433 e. The summed E-state index contributed by atoms with van der Waals surface area (Å²) in [4.78, 5) is 13.0. The Morgan fingerprint density at radius 3 is 2.47 bits per heavy atom. The van der Waals surface area contributed by atoms with Crippen molar-refractivity contribution >= 4 is 32.5 Å². The highest BCUT2D eigenvalue weighted by molar-refractivity contribution is 7.90. The molecule has 1 aliphatic heterocycles. The average Bonchev–Trinajstić information content (AvgIpc) is 3.08.